The van der Waals surface area contributed by atoms with Gasteiger partial charge in [-0.3, -0.25) is 4.57 Å². The van der Waals surface area contributed by atoms with Crippen LogP contribution in [0.2, 0.25) is 0 Å². The Morgan fingerprint density at radius 2 is 1.52 bits per heavy atom. The molecule has 2 N–H and O–H groups in total. The number of hydrogen-bond donors (Lipinski definition) is 2. The van der Waals surface area contributed by atoms with Gasteiger partial charge in [-0.25, -0.2) is 43.3 Å². The topological polar surface area (TPSA) is 277 Å². The SMILES string of the molecule is CC(C)(C)OC(=O)O[C@H]1[C@H](F)[C@H](n2cnc3c(N(C(=O)OC(C)(C)C)C(=O)OC(C)(C)C)nc(N=[N+]=[N-])nc32)O[C@@H]1COC(C(=O)O)C(=O)O. The van der Waals surface area contributed by atoms with E-state index in [1.165, 1.54) is 62.3 Å². The number of carboxylic acid groups (broad SMARTS) is 2. The molecule has 1 fully saturated rings. The molecular weight excluding hydrogens is 675 g/mol. The number of nitrogens with zero attached hydrogens (tertiary/aromatic N) is 8. The van der Waals surface area contributed by atoms with Crippen molar-refractivity contribution in [2.75, 3.05) is 11.5 Å². The number of imide groups is 1. The number of azide groups is 1. The van der Waals surface area contributed by atoms with Crippen LogP contribution in [0.15, 0.2) is 11.4 Å². The summed E-state index contributed by atoms with van der Waals surface area (Å²) in [5.74, 6) is -5.01. The molecule has 1 aliphatic rings. The van der Waals surface area contributed by atoms with E-state index in [0.29, 0.717) is 4.90 Å². The molecule has 3 heterocycles. The summed E-state index contributed by atoms with van der Waals surface area (Å²) < 4.78 is 49.0. The molecule has 22 heteroatoms. The van der Waals surface area contributed by atoms with Gasteiger partial charge in [0.25, 0.3) is 6.10 Å². The lowest BCUT2D eigenvalue weighted by atomic mass is 10.1. The Hall–Kier alpha value is -5.34. The van der Waals surface area contributed by atoms with Gasteiger partial charge in [-0.05, 0) is 73.0 Å². The number of carboxylic acids is 2. The van der Waals surface area contributed by atoms with Gasteiger partial charge in [-0.2, -0.15) is 4.90 Å². The molecule has 0 aliphatic carbocycles. The van der Waals surface area contributed by atoms with Crippen LogP contribution >= 0.6 is 0 Å². The first kappa shape index (κ1) is 39.1. The number of imidazole rings is 1. The number of aromatic nitrogens is 4. The average Bonchev–Trinajstić information content (AvgIpc) is 3.46. The number of fused-ring (bicyclic) bond motifs is 1. The Morgan fingerprint density at radius 3 is 2.00 bits per heavy atom. The van der Waals surface area contributed by atoms with Crippen molar-refractivity contribution in [3.63, 3.8) is 0 Å². The molecule has 4 atom stereocenters. The zero-order valence-electron chi connectivity index (χ0n) is 28.5. The van der Waals surface area contributed by atoms with Gasteiger partial charge in [-0.15, -0.1) is 0 Å². The molecule has 0 spiro atoms. The van der Waals surface area contributed by atoms with E-state index in [1.807, 2.05) is 0 Å². The molecule has 0 radical (unpaired) electrons. The van der Waals surface area contributed by atoms with Crippen LogP contribution in [0, 0.1) is 0 Å². The van der Waals surface area contributed by atoms with Gasteiger partial charge in [-0.1, -0.05) is 0 Å². The van der Waals surface area contributed by atoms with Gasteiger partial charge < -0.3 is 38.6 Å². The predicted molar refractivity (Wildman–Crippen MR) is 164 cm³/mol. The molecule has 0 unspecified atom stereocenters. The van der Waals surface area contributed by atoms with E-state index in [0.717, 1.165) is 10.9 Å². The standard InChI is InChI=1S/C28H37FN8O13/c1-26(2,3)48-23(42)37(24(43)49-27(4,5)6)18-14-17(32-22(33-18)34-35-30)36(11-31-14)19-13(29)15(47-25(44)50-28(7,8)9)12(46-19)10-45-16(20(38)39)21(40)41/h11-13,15-16,19H,10H2,1-9H3,(H,38,39)(H,40,41)/t12-,13+,15-,19-/m1/s1. The van der Waals surface area contributed by atoms with Crippen LogP contribution in [0.1, 0.15) is 68.5 Å². The third-order valence-corrected chi connectivity index (χ3v) is 5.93. The monoisotopic (exact) mass is 712 g/mol. The van der Waals surface area contributed by atoms with Crippen LogP contribution < -0.4 is 4.90 Å². The summed E-state index contributed by atoms with van der Waals surface area (Å²) in [6.45, 7) is 12.8. The molecule has 0 aromatic carbocycles. The lowest BCUT2D eigenvalue weighted by Gasteiger charge is -2.28. The maximum Gasteiger partial charge on any atom is 0.509 e. The third-order valence-electron chi connectivity index (χ3n) is 5.93. The van der Waals surface area contributed by atoms with Gasteiger partial charge in [0, 0.05) is 4.91 Å². The number of ether oxygens (including phenoxy) is 6. The zero-order chi connectivity index (χ0) is 37.9. The van der Waals surface area contributed by atoms with Gasteiger partial charge in [0.15, 0.2) is 35.5 Å². The minimum absolute atomic E-state index is 0.351. The molecule has 2 amide bonds. The fraction of sp³-hybridized carbons (Fsp3) is 0.643. The summed E-state index contributed by atoms with van der Waals surface area (Å²) >= 11 is 0. The predicted octanol–water partition coefficient (Wildman–Crippen LogP) is 4.55. The molecule has 274 valence electrons. The Kier molecular flexibility index (Phi) is 11.5. The maximum absolute atomic E-state index is 16.3. The number of alkyl halides is 1. The second kappa shape index (κ2) is 14.6. The molecular formula is C28H37FN8O13. The van der Waals surface area contributed by atoms with Crippen molar-refractivity contribution >= 4 is 53.2 Å². The van der Waals surface area contributed by atoms with Crippen LogP contribution in [0.4, 0.5) is 30.5 Å². The van der Waals surface area contributed by atoms with Gasteiger partial charge in [0.1, 0.15) is 22.9 Å². The van der Waals surface area contributed by atoms with Gasteiger partial charge in [0.05, 0.1) is 12.9 Å². The van der Waals surface area contributed by atoms with Crippen LogP contribution in [0.5, 0.6) is 0 Å². The van der Waals surface area contributed by atoms with Crippen LogP contribution in [0.3, 0.4) is 0 Å². The first-order chi connectivity index (χ1) is 22.9. The van der Waals surface area contributed by atoms with E-state index in [4.69, 9.17) is 34.0 Å². The Morgan fingerprint density at radius 1 is 0.980 bits per heavy atom. The van der Waals surface area contributed by atoms with Crippen molar-refractivity contribution < 1.29 is 67.0 Å². The Bertz CT molecular complexity index is 1650. The van der Waals surface area contributed by atoms with Crippen molar-refractivity contribution in [2.24, 2.45) is 5.11 Å². The van der Waals surface area contributed by atoms with Crippen LogP contribution in [-0.4, -0.2) is 108 Å². The largest absolute Gasteiger partial charge is 0.509 e. The summed E-state index contributed by atoms with van der Waals surface area (Å²) in [4.78, 5) is 77.3. The molecule has 3 rings (SSSR count). The normalized spacial score (nSPS) is 19.4. The highest BCUT2D eigenvalue weighted by Crippen LogP contribution is 2.38. The minimum atomic E-state index is -2.39. The number of carbonyl (C=O) groups excluding carboxylic acids is 3. The summed E-state index contributed by atoms with van der Waals surface area (Å²) in [6, 6.07) is 0. The first-order valence-electron chi connectivity index (χ1n) is 14.7. The smallest absolute Gasteiger partial charge is 0.479 e. The lowest BCUT2D eigenvalue weighted by Crippen LogP contribution is -2.44. The van der Waals surface area contributed by atoms with Gasteiger partial charge >= 0.3 is 30.3 Å². The molecule has 50 heavy (non-hydrogen) atoms. The number of halogens is 1. The second-order valence-electron chi connectivity index (χ2n) is 13.6. The number of hydrogen-bond acceptors (Lipinski definition) is 15. The van der Waals surface area contributed by atoms with Crippen molar-refractivity contribution in [2.45, 2.75) is 110 Å². The van der Waals surface area contributed by atoms with E-state index in [9.17, 15) is 34.2 Å². The quantitative estimate of drug-likeness (QED) is 0.0900. The van der Waals surface area contributed by atoms with Crippen molar-refractivity contribution in [3.8, 4) is 0 Å². The molecule has 2 aromatic rings. The van der Waals surface area contributed by atoms with E-state index < -0.39 is 96.2 Å². The highest BCUT2D eigenvalue weighted by molar-refractivity contribution is 6.12. The molecule has 2 aromatic heterocycles. The fourth-order valence-corrected chi connectivity index (χ4v) is 4.20. The van der Waals surface area contributed by atoms with E-state index in [1.54, 1.807) is 0 Å². The van der Waals surface area contributed by atoms with E-state index in [2.05, 4.69) is 25.0 Å². The van der Waals surface area contributed by atoms with Gasteiger partial charge in [0.2, 0.25) is 5.95 Å². The molecule has 21 nitrogen and oxygen atoms in total. The average molecular weight is 713 g/mol. The summed E-state index contributed by atoms with van der Waals surface area (Å²) in [5.41, 5.74) is 5.08. The molecule has 1 saturated heterocycles. The number of aliphatic carboxylic acids is 2. The van der Waals surface area contributed by atoms with Crippen LogP contribution in [-0.2, 0) is 38.0 Å². The number of amides is 2. The summed E-state index contributed by atoms with van der Waals surface area (Å²) in [6.07, 6.45) is -13.0. The number of carbonyl (C=O) groups is 5. The Balaban J connectivity index is 2.17. The maximum atomic E-state index is 16.3. The van der Waals surface area contributed by atoms with Crippen LogP contribution in [0.25, 0.3) is 21.6 Å². The summed E-state index contributed by atoms with van der Waals surface area (Å²) in [7, 11) is 0. The van der Waals surface area contributed by atoms with E-state index in [-0.39, 0.29) is 11.2 Å². The van der Waals surface area contributed by atoms with Crippen molar-refractivity contribution in [1.29, 1.82) is 0 Å². The van der Waals surface area contributed by atoms with Crippen molar-refractivity contribution in [3.05, 3.63) is 16.8 Å². The first-order valence-corrected chi connectivity index (χ1v) is 14.7. The lowest BCUT2D eigenvalue weighted by molar-refractivity contribution is -0.170. The molecule has 1 aliphatic heterocycles. The van der Waals surface area contributed by atoms with Crippen molar-refractivity contribution in [1.82, 2.24) is 19.5 Å². The second-order valence-corrected chi connectivity index (χ2v) is 13.6. The minimum Gasteiger partial charge on any atom is -0.479 e. The highest BCUT2D eigenvalue weighted by Gasteiger charge is 2.51. The molecule has 0 saturated carbocycles. The fourth-order valence-electron chi connectivity index (χ4n) is 4.20. The molecule has 0 bridgehead atoms. The number of anilines is 1. The summed E-state index contributed by atoms with van der Waals surface area (Å²) in [5, 5.41) is 21.8. The highest BCUT2D eigenvalue weighted by atomic mass is 19.1. The zero-order valence-corrected chi connectivity index (χ0v) is 28.5. The third kappa shape index (κ3) is 9.86. The number of rotatable bonds is 9. The Labute approximate surface area is 283 Å². The van der Waals surface area contributed by atoms with E-state index >= 15 is 4.39 Å².